The highest BCUT2D eigenvalue weighted by atomic mass is 16.5. The summed E-state index contributed by atoms with van der Waals surface area (Å²) in [5.74, 6) is 1.01. The number of ether oxygens (including phenoxy) is 1. The largest absolute Gasteiger partial charge is 0.493 e. The molecule has 1 aliphatic carbocycles. The van der Waals surface area contributed by atoms with E-state index in [0.29, 0.717) is 0 Å². The standard InChI is InChI=1S/C16H23NO/c1-2-7-14-8-3-4-9-16(14)18-13-6-5-12-17-15-10-11-15/h2-4,8-9,15,17H,1,5-7,10-13H2. The van der Waals surface area contributed by atoms with Gasteiger partial charge in [0.2, 0.25) is 0 Å². The lowest BCUT2D eigenvalue weighted by atomic mass is 10.1. The van der Waals surface area contributed by atoms with E-state index in [1.807, 2.05) is 24.3 Å². The van der Waals surface area contributed by atoms with E-state index in [1.165, 1.54) is 24.8 Å². The highest BCUT2D eigenvalue weighted by Gasteiger charge is 2.19. The van der Waals surface area contributed by atoms with Crippen LogP contribution in [-0.2, 0) is 6.42 Å². The lowest BCUT2D eigenvalue weighted by Gasteiger charge is -2.10. The first-order chi connectivity index (χ1) is 8.90. The summed E-state index contributed by atoms with van der Waals surface area (Å²) >= 11 is 0. The summed E-state index contributed by atoms with van der Waals surface area (Å²) in [6, 6.07) is 9.04. The van der Waals surface area contributed by atoms with E-state index >= 15 is 0 Å². The summed E-state index contributed by atoms with van der Waals surface area (Å²) in [5.41, 5.74) is 1.23. The normalized spacial score (nSPS) is 14.4. The molecule has 1 N–H and O–H groups in total. The minimum Gasteiger partial charge on any atom is -0.493 e. The van der Waals surface area contributed by atoms with E-state index in [1.54, 1.807) is 0 Å². The molecule has 0 aliphatic heterocycles. The highest BCUT2D eigenvalue weighted by Crippen LogP contribution is 2.19. The van der Waals surface area contributed by atoms with Crippen LogP contribution in [0.2, 0.25) is 0 Å². The summed E-state index contributed by atoms with van der Waals surface area (Å²) < 4.78 is 5.84. The zero-order valence-corrected chi connectivity index (χ0v) is 11.0. The topological polar surface area (TPSA) is 21.3 Å². The molecule has 1 fully saturated rings. The van der Waals surface area contributed by atoms with Gasteiger partial charge in [-0.05, 0) is 50.3 Å². The van der Waals surface area contributed by atoms with Crippen molar-refractivity contribution in [3.05, 3.63) is 42.5 Å². The third kappa shape index (κ3) is 4.53. The number of allylic oxidation sites excluding steroid dienone is 1. The Bertz CT molecular complexity index is 371. The van der Waals surface area contributed by atoms with Crippen LogP contribution in [0.3, 0.4) is 0 Å². The number of rotatable bonds is 9. The van der Waals surface area contributed by atoms with E-state index < -0.39 is 0 Å². The fourth-order valence-electron chi connectivity index (χ4n) is 1.97. The number of benzene rings is 1. The van der Waals surface area contributed by atoms with Crippen LogP contribution in [0.4, 0.5) is 0 Å². The van der Waals surface area contributed by atoms with E-state index in [9.17, 15) is 0 Å². The number of unbranched alkanes of at least 4 members (excludes halogenated alkanes) is 1. The summed E-state index contributed by atoms with van der Waals surface area (Å²) in [4.78, 5) is 0. The predicted molar refractivity (Wildman–Crippen MR) is 76.1 cm³/mol. The van der Waals surface area contributed by atoms with Crippen LogP contribution in [0, 0.1) is 0 Å². The van der Waals surface area contributed by atoms with Gasteiger partial charge in [0.1, 0.15) is 5.75 Å². The molecule has 0 atom stereocenters. The fourth-order valence-corrected chi connectivity index (χ4v) is 1.97. The Morgan fingerprint density at radius 2 is 2.11 bits per heavy atom. The van der Waals surface area contributed by atoms with Crippen molar-refractivity contribution in [1.29, 1.82) is 0 Å². The van der Waals surface area contributed by atoms with Gasteiger partial charge in [0, 0.05) is 6.04 Å². The van der Waals surface area contributed by atoms with Crippen LogP contribution >= 0.6 is 0 Å². The molecular formula is C16H23NO. The second kappa shape index (κ2) is 7.22. The van der Waals surface area contributed by atoms with Crippen molar-refractivity contribution < 1.29 is 4.74 Å². The minimum atomic E-state index is 0.806. The summed E-state index contributed by atoms with van der Waals surface area (Å²) in [6.45, 7) is 5.71. The molecule has 1 aromatic rings. The first-order valence-corrected chi connectivity index (χ1v) is 6.95. The zero-order chi connectivity index (χ0) is 12.6. The lowest BCUT2D eigenvalue weighted by molar-refractivity contribution is 0.303. The lowest BCUT2D eigenvalue weighted by Crippen LogP contribution is -2.17. The minimum absolute atomic E-state index is 0.806. The highest BCUT2D eigenvalue weighted by molar-refractivity contribution is 5.34. The van der Waals surface area contributed by atoms with Gasteiger partial charge in [-0.15, -0.1) is 6.58 Å². The Morgan fingerprint density at radius 1 is 1.28 bits per heavy atom. The van der Waals surface area contributed by atoms with Crippen LogP contribution < -0.4 is 10.1 Å². The van der Waals surface area contributed by atoms with Gasteiger partial charge in [-0.2, -0.15) is 0 Å². The van der Waals surface area contributed by atoms with E-state index in [2.05, 4.69) is 18.0 Å². The van der Waals surface area contributed by atoms with Gasteiger partial charge in [0.05, 0.1) is 6.61 Å². The molecule has 2 rings (SSSR count). The third-order valence-corrected chi connectivity index (χ3v) is 3.18. The van der Waals surface area contributed by atoms with Crippen LogP contribution in [0.5, 0.6) is 5.75 Å². The van der Waals surface area contributed by atoms with Crippen molar-refractivity contribution in [3.8, 4) is 5.75 Å². The molecular weight excluding hydrogens is 222 g/mol. The van der Waals surface area contributed by atoms with Gasteiger partial charge in [-0.1, -0.05) is 24.3 Å². The van der Waals surface area contributed by atoms with Crippen molar-refractivity contribution in [1.82, 2.24) is 5.32 Å². The molecule has 0 amide bonds. The molecule has 0 heterocycles. The molecule has 0 radical (unpaired) electrons. The number of hydrogen-bond donors (Lipinski definition) is 1. The molecule has 0 bridgehead atoms. The Morgan fingerprint density at radius 3 is 2.89 bits per heavy atom. The fraction of sp³-hybridized carbons (Fsp3) is 0.500. The van der Waals surface area contributed by atoms with Crippen molar-refractivity contribution in [2.45, 2.75) is 38.1 Å². The zero-order valence-electron chi connectivity index (χ0n) is 11.0. The summed E-state index contributed by atoms with van der Waals surface area (Å²) in [7, 11) is 0. The van der Waals surface area contributed by atoms with Crippen LogP contribution in [0.25, 0.3) is 0 Å². The SMILES string of the molecule is C=CCc1ccccc1OCCCCNC1CC1. The molecule has 1 aliphatic rings. The average Bonchev–Trinajstić information content (AvgIpc) is 3.20. The molecule has 0 spiro atoms. The maximum atomic E-state index is 5.84. The van der Waals surface area contributed by atoms with E-state index in [0.717, 1.165) is 37.8 Å². The van der Waals surface area contributed by atoms with E-state index in [-0.39, 0.29) is 0 Å². The Hall–Kier alpha value is -1.28. The first kappa shape index (κ1) is 13.2. The van der Waals surface area contributed by atoms with Gasteiger partial charge in [0.25, 0.3) is 0 Å². The maximum Gasteiger partial charge on any atom is 0.122 e. The van der Waals surface area contributed by atoms with Crippen molar-refractivity contribution in [3.63, 3.8) is 0 Å². The number of nitrogens with one attached hydrogen (secondary N) is 1. The molecule has 2 nitrogen and oxygen atoms in total. The Labute approximate surface area is 110 Å². The molecule has 98 valence electrons. The van der Waals surface area contributed by atoms with Gasteiger partial charge in [-0.3, -0.25) is 0 Å². The second-order valence-electron chi connectivity index (χ2n) is 4.88. The molecule has 2 heteroatoms. The smallest absolute Gasteiger partial charge is 0.122 e. The maximum absolute atomic E-state index is 5.84. The molecule has 18 heavy (non-hydrogen) atoms. The van der Waals surface area contributed by atoms with Crippen molar-refractivity contribution >= 4 is 0 Å². The van der Waals surface area contributed by atoms with Gasteiger partial charge in [-0.25, -0.2) is 0 Å². The quantitative estimate of drug-likeness (QED) is 0.532. The predicted octanol–water partition coefficient (Wildman–Crippen LogP) is 3.33. The van der Waals surface area contributed by atoms with Crippen LogP contribution in [-0.4, -0.2) is 19.2 Å². The molecule has 1 saturated carbocycles. The first-order valence-electron chi connectivity index (χ1n) is 6.95. The van der Waals surface area contributed by atoms with Gasteiger partial charge < -0.3 is 10.1 Å². The molecule has 0 saturated heterocycles. The van der Waals surface area contributed by atoms with Gasteiger partial charge in [0.15, 0.2) is 0 Å². The third-order valence-electron chi connectivity index (χ3n) is 3.18. The molecule has 0 aromatic heterocycles. The van der Waals surface area contributed by atoms with Crippen LogP contribution in [0.15, 0.2) is 36.9 Å². The summed E-state index contributed by atoms with van der Waals surface area (Å²) in [6.07, 6.45) is 7.83. The Kier molecular flexibility index (Phi) is 5.28. The van der Waals surface area contributed by atoms with Crippen LogP contribution in [0.1, 0.15) is 31.2 Å². The average molecular weight is 245 g/mol. The Balaban J connectivity index is 1.63. The summed E-state index contributed by atoms with van der Waals surface area (Å²) in [5, 5.41) is 3.52. The molecule has 1 aromatic carbocycles. The monoisotopic (exact) mass is 245 g/mol. The number of hydrogen-bond acceptors (Lipinski definition) is 2. The van der Waals surface area contributed by atoms with Crippen molar-refractivity contribution in [2.75, 3.05) is 13.2 Å². The van der Waals surface area contributed by atoms with Gasteiger partial charge >= 0.3 is 0 Å². The molecule has 0 unspecified atom stereocenters. The van der Waals surface area contributed by atoms with Crippen molar-refractivity contribution in [2.24, 2.45) is 0 Å². The van der Waals surface area contributed by atoms with E-state index in [4.69, 9.17) is 4.74 Å². The number of para-hydroxylation sites is 1. The second-order valence-corrected chi connectivity index (χ2v) is 4.88.